The Kier molecular flexibility index (Phi) is 3.64. The number of nitrogens with zero attached hydrogens (tertiary/aromatic N) is 4. The zero-order chi connectivity index (χ0) is 17.4. The maximum Gasteiger partial charge on any atom is 0.259 e. The normalized spacial score (nSPS) is 14.6. The zero-order valence-corrected chi connectivity index (χ0v) is 13.1. The van der Waals surface area contributed by atoms with E-state index in [1.807, 2.05) is 0 Å². The van der Waals surface area contributed by atoms with Crippen LogP contribution in [0, 0.1) is 5.82 Å². The predicted molar refractivity (Wildman–Crippen MR) is 87.3 cm³/mol. The Morgan fingerprint density at radius 1 is 1.20 bits per heavy atom. The number of aromatic nitrogens is 3. The first-order valence-electron chi connectivity index (χ1n) is 7.78. The molecular formula is C17H14FN5O2. The first-order valence-corrected chi connectivity index (χ1v) is 7.78. The van der Waals surface area contributed by atoms with E-state index in [1.54, 1.807) is 28.9 Å². The molecule has 1 aliphatic rings. The van der Waals surface area contributed by atoms with Gasteiger partial charge in [-0.1, -0.05) is 0 Å². The zero-order valence-electron chi connectivity index (χ0n) is 13.1. The Morgan fingerprint density at radius 2 is 2.00 bits per heavy atom. The minimum absolute atomic E-state index is 0.0217. The van der Waals surface area contributed by atoms with Crippen LogP contribution < -0.4 is 5.32 Å². The first kappa shape index (κ1) is 15.3. The quantitative estimate of drug-likeness (QED) is 0.758. The summed E-state index contributed by atoms with van der Waals surface area (Å²) in [6.45, 7) is 0.894. The van der Waals surface area contributed by atoms with E-state index >= 15 is 0 Å². The lowest BCUT2D eigenvalue weighted by Crippen LogP contribution is -2.49. The smallest absolute Gasteiger partial charge is 0.259 e. The molecule has 8 heteroatoms. The van der Waals surface area contributed by atoms with Crippen LogP contribution in [-0.4, -0.2) is 50.9 Å². The van der Waals surface area contributed by atoms with E-state index in [-0.39, 0.29) is 24.2 Å². The van der Waals surface area contributed by atoms with Gasteiger partial charge in [0.05, 0.1) is 18.4 Å². The van der Waals surface area contributed by atoms with Crippen molar-refractivity contribution >= 4 is 17.5 Å². The standard InChI is InChI=1S/C17H14FN5O2/c18-12-3-1-11(2-4-12)14-5-6-20-16-13(9-21-23(14)16)17(25)22-8-7-19-15(24)10-22/h1-6,9H,7-8,10H2,(H,19,24). The van der Waals surface area contributed by atoms with E-state index in [0.29, 0.717) is 30.0 Å². The second-order valence-electron chi connectivity index (χ2n) is 5.71. The molecule has 0 saturated carbocycles. The minimum Gasteiger partial charge on any atom is -0.353 e. The fourth-order valence-electron chi connectivity index (χ4n) is 2.86. The molecule has 0 atom stereocenters. The van der Waals surface area contributed by atoms with Crippen LogP contribution in [0.5, 0.6) is 0 Å². The Hall–Kier alpha value is -3.29. The summed E-state index contributed by atoms with van der Waals surface area (Å²) in [5, 5.41) is 6.95. The average molecular weight is 339 g/mol. The molecule has 1 saturated heterocycles. The van der Waals surface area contributed by atoms with E-state index in [1.165, 1.54) is 23.2 Å². The van der Waals surface area contributed by atoms with Gasteiger partial charge >= 0.3 is 0 Å². The van der Waals surface area contributed by atoms with Gasteiger partial charge in [-0.05, 0) is 30.3 Å². The topological polar surface area (TPSA) is 79.6 Å². The number of nitrogens with one attached hydrogen (secondary N) is 1. The summed E-state index contributed by atoms with van der Waals surface area (Å²) in [4.78, 5) is 30.0. The highest BCUT2D eigenvalue weighted by Crippen LogP contribution is 2.22. The minimum atomic E-state index is -0.325. The number of halogens is 1. The van der Waals surface area contributed by atoms with Gasteiger partial charge in [-0.25, -0.2) is 13.9 Å². The van der Waals surface area contributed by atoms with E-state index in [9.17, 15) is 14.0 Å². The summed E-state index contributed by atoms with van der Waals surface area (Å²) in [6.07, 6.45) is 3.03. The Bertz CT molecular complexity index is 967. The third-order valence-electron chi connectivity index (χ3n) is 4.10. The SMILES string of the molecule is O=C1CN(C(=O)c2cnn3c(-c4ccc(F)cc4)ccnc23)CCN1. The van der Waals surface area contributed by atoms with Crippen LogP contribution in [0.15, 0.2) is 42.7 Å². The number of rotatable bonds is 2. The van der Waals surface area contributed by atoms with Crippen LogP contribution in [0.4, 0.5) is 4.39 Å². The lowest BCUT2D eigenvalue weighted by atomic mass is 10.1. The van der Waals surface area contributed by atoms with Crippen molar-refractivity contribution in [2.24, 2.45) is 0 Å². The lowest BCUT2D eigenvalue weighted by Gasteiger charge is -2.26. The molecule has 0 bridgehead atoms. The van der Waals surface area contributed by atoms with Gasteiger partial charge in [-0.15, -0.1) is 0 Å². The number of fused-ring (bicyclic) bond motifs is 1. The summed E-state index contributed by atoms with van der Waals surface area (Å²) in [5.41, 5.74) is 2.19. The number of carbonyl (C=O) groups excluding carboxylic acids is 2. The van der Waals surface area contributed by atoms with Crippen LogP contribution in [0.1, 0.15) is 10.4 Å². The Balaban J connectivity index is 1.75. The fourth-order valence-corrected chi connectivity index (χ4v) is 2.86. The van der Waals surface area contributed by atoms with Crippen LogP contribution in [0.3, 0.4) is 0 Å². The highest BCUT2D eigenvalue weighted by Gasteiger charge is 2.25. The molecule has 4 rings (SSSR count). The van der Waals surface area contributed by atoms with Gasteiger partial charge in [0.2, 0.25) is 5.91 Å². The molecule has 2 aromatic heterocycles. The first-order chi connectivity index (χ1) is 12.1. The maximum atomic E-state index is 13.1. The molecule has 0 unspecified atom stereocenters. The molecule has 1 N–H and O–H groups in total. The number of hydrogen-bond donors (Lipinski definition) is 1. The van der Waals surface area contributed by atoms with Crippen LogP contribution in [-0.2, 0) is 4.79 Å². The summed E-state index contributed by atoms with van der Waals surface area (Å²) in [7, 11) is 0. The molecule has 3 aromatic rings. The van der Waals surface area contributed by atoms with Crippen LogP contribution in [0.2, 0.25) is 0 Å². The molecule has 7 nitrogen and oxygen atoms in total. The van der Waals surface area contributed by atoms with E-state index in [0.717, 1.165) is 5.56 Å². The average Bonchev–Trinajstić information content (AvgIpc) is 3.06. The molecule has 0 radical (unpaired) electrons. The van der Waals surface area contributed by atoms with Gasteiger partial charge in [0, 0.05) is 24.8 Å². The van der Waals surface area contributed by atoms with Crippen molar-refractivity contribution in [2.45, 2.75) is 0 Å². The third kappa shape index (κ3) is 2.71. The molecule has 1 fully saturated rings. The summed E-state index contributed by atoms with van der Waals surface area (Å²) < 4.78 is 14.7. The largest absolute Gasteiger partial charge is 0.353 e. The van der Waals surface area contributed by atoms with Crippen molar-refractivity contribution in [1.29, 1.82) is 0 Å². The number of amides is 2. The van der Waals surface area contributed by atoms with Crippen molar-refractivity contribution in [3.05, 3.63) is 54.1 Å². The van der Waals surface area contributed by atoms with Crippen molar-refractivity contribution in [3.63, 3.8) is 0 Å². The van der Waals surface area contributed by atoms with E-state index < -0.39 is 0 Å². The summed E-state index contributed by atoms with van der Waals surface area (Å²) >= 11 is 0. The molecular weight excluding hydrogens is 325 g/mol. The second-order valence-corrected chi connectivity index (χ2v) is 5.71. The fraction of sp³-hybridized carbons (Fsp3) is 0.176. The number of piperazine rings is 1. The van der Waals surface area contributed by atoms with Gasteiger partial charge in [0.1, 0.15) is 11.4 Å². The lowest BCUT2D eigenvalue weighted by molar-refractivity contribution is -0.123. The highest BCUT2D eigenvalue weighted by molar-refractivity contribution is 6.01. The van der Waals surface area contributed by atoms with E-state index in [4.69, 9.17) is 0 Å². The molecule has 1 aliphatic heterocycles. The van der Waals surface area contributed by atoms with E-state index in [2.05, 4.69) is 15.4 Å². The monoisotopic (exact) mass is 339 g/mol. The number of hydrogen-bond acceptors (Lipinski definition) is 4. The maximum absolute atomic E-state index is 13.1. The third-order valence-corrected chi connectivity index (χ3v) is 4.10. The van der Waals surface area contributed by atoms with Crippen molar-refractivity contribution in [3.8, 4) is 11.3 Å². The van der Waals surface area contributed by atoms with Gasteiger partial charge < -0.3 is 10.2 Å². The van der Waals surface area contributed by atoms with Gasteiger partial charge in [0.25, 0.3) is 5.91 Å². The van der Waals surface area contributed by atoms with Gasteiger partial charge in [0.15, 0.2) is 5.65 Å². The molecule has 126 valence electrons. The predicted octanol–water partition coefficient (Wildman–Crippen LogP) is 1.11. The molecule has 1 aromatic carbocycles. The summed E-state index contributed by atoms with van der Waals surface area (Å²) in [5.74, 6) is -0.793. The van der Waals surface area contributed by atoms with Gasteiger partial charge in [-0.3, -0.25) is 9.59 Å². The second kappa shape index (κ2) is 5.97. The van der Waals surface area contributed by atoms with Crippen molar-refractivity contribution in [1.82, 2.24) is 24.8 Å². The van der Waals surface area contributed by atoms with Crippen LogP contribution >= 0.6 is 0 Å². The Morgan fingerprint density at radius 3 is 2.76 bits per heavy atom. The molecule has 0 aliphatic carbocycles. The molecule has 25 heavy (non-hydrogen) atoms. The summed E-state index contributed by atoms with van der Waals surface area (Å²) in [6, 6.07) is 7.76. The molecule has 3 heterocycles. The molecule has 2 amide bonds. The van der Waals surface area contributed by atoms with Crippen molar-refractivity contribution in [2.75, 3.05) is 19.6 Å². The highest BCUT2D eigenvalue weighted by atomic mass is 19.1. The Labute approximate surface area is 142 Å². The van der Waals surface area contributed by atoms with Crippen molar-refractivity contribution < 1.29 is 14.0 Å². The number of carbonyl (C=O) groups is 2. The molecule has 0 spiro atoms. The van der Waals surface area contributed by atoms with Gasteiger partial charge in [-0.2, -0.15) is 5.10 Å². The van der Waals surface area contributed by atoms with Crippen LogP contribution in [0.25, 0.3) is 16.9 Å². The number of benzene rings is 1.